The van der Waals surface area contributed by atoms with Crippen LogP contribution < -0.4 is 9.64 Å². The van der Waals surface area contributed by atoms with E-state index in [1.807, 2.05) is 6.07 Å². The van der Waals surface area contributed by atoms with Gasteiger partial charge in [0.25, 0.3) is 0 Å². The van der Waals surface area contributed by atoms with Gasteiger partial charge in [-0.3, -0.25) is 0 Å². The summed E-state index contributed by atoms with van der Waals surface area (Å²) in [7, 11) is 1.58. The van der Waals surface area contributed by atoms with E-state index in [1.54, 1.807) is 31.4 Å². The molecule has 0 saturated carbocycles. The van der Waals surface area contributed by atoms with Crippen LogP contribution in [-0.2, 0) is 9.53 Å². The molecule has 0 spiro atoms. The Morgan fingerprint density at radius 3 is 2.41 bits per heavy atom. The molecule has 5 heteroatoms. The van der Waals surface area contributed by atoms with E-state index in [9.17, 15) is 4.79 Å². The van der Waals surface area contributed by atoms with E-state index in [4.69, 9.17) is 14.7 Å². The van der Waals surface area contributed by atoms with Crippen LogP contribution in [0.4, 0.5) is 0 Å². The molecule has 5 nitrogen and oxygen atoms in total. The number of likely N-dealkylation sites (N-methyl/N-ethyl adjacent to an activating group) is 1. The zero-order chi connectivity index (χ0) is 16.4. The molecule has 0 heterocycles. The SMILES string of the molecule is CC[NH+](CC)CCOC(=O)/C(C#N)=C/c1ccc(OC)cc1. The molecule has 1 rings (SSSR count). The highest BCUT2D eigenvalue weighted by Crippen LogP contribution is 2.14. The maximum absolute atomic E-state index is 11.9. The van der Waals surface area contributed by atoms with Crippen LogP contribution in [0.2, 0.25) is 0 Å². The van der Waals surface area contributed by atoms with Crippen molar-refractivity contribution >= 4 is 12.0 Å². The molecule has 1 aromatic carbocycles. The number of carbonyl (C=O) groups is 1. The molecule has 22 heavy (non-hydrogen) atoms. The molecular formula is C17H23N2O3+. The highest BCUT2D eigenvalue weighted by atomic mass is 16.5. The normalized spacial score (nSPS) is 11.1. The van der Waals surface area contributed by atoms with Gasteiger partial charge in [-0.05, 0) is 37.6 Å². The van der Waals surface area contributed by atoms with Crippen LogP contribution in [0.5, 0.6) is 5.75 Å². The monoisotopic (exact) mass is 303 g/mol. The third kappa shape index (κ3) is 5.58. The van der Waals surface area contributed by atoms with E-state index < -0.39 is 5.97 Å². The minimum absolute atomic E-state index is 0.000265. The third-order valence-corrected chi connectivity index (χ3v) is 3.46. The lowest BCUT2D eigenvalue weighted by molar-refractivity contribution is -0.896. The number of methoxy groups -OCH3 is 1. The van der Waals surface area contributed by atoms with E-state index in [2.05, 4.69) is 13.8 Å². The van der Waals surface area contributed by atoms with Gasteiger partial charge < -0.3 is 14.4 Å². The van der Waals surface area contributed by atoms with Crippen LogP contribution in [0, 0.1) is 11.3 Å². The van der Waals surface area contributed by atoms with E-state index in [1.165, 1.54) is 11.0 Å². The Bertz CT molecular complexity index is 540. The molecule has 0 fully saturated rings. The van der Waals surface area contributed by atoms with Crippen molar-refractivity contribution in [2.24, 2.45) is 0 Å². The van der Waals surface area contributed by atoms with E-state index >= 15 is 0 Å². The minimum atomic E-state index is -0.579. The summed E-state index contributed by atoms with van der Waals surface area (Å²) in [4.78, 5) is 13.3. The largest absolute Gasteiger partial charge is 0.497 e. The van der Waals surface area contributed by atoms with Gasteiger partial charge in [0.15, 0.2) is 0 Å². The Hall–Kier alpha value is -2.32. The molecule has 0 amide bonds. The van der Waals surface area contributed by atoms with E-state index in [0.29, 0.717) is 6.61 Å². The first kappa shape index (κ1) is 17.7. The molecule has 0 bridgehead atoms. The van der Waals surface area contributed by atoms with Gasteiger partial charge in [-0.1, -0.05) is 12.1 Å². The Labute approximate surface area is 131 Å². The van der Waals surface area contributed by atoms with Crippen molar-refractivity contribution in [3.05, 3.63) is 35.4 Å². The van der Waals surface area contributed by atoms with Crippen molar-refractivity contribution in [3.63, 3.8) is 0 Å². The summed E-state index contributed by atoms with van der Waals surface area (Å²) in [6.07, 6.45) is 1.52. The maximum atomic E-state index is 11.9. The van der Waals surface area contributed by atoms with Crippen molar-refractivity contribution < 1.29 is 19.2 Å². The summed E-state index contributed by atoms with van der Waals surface area (Å²) in [5, 5.41) is 9.11. The second kappa shape index (κ2) is 9.59. The number of hydrogen-bond acceptors (Lipinski definition) is 4. The molecule has 0 atom stereocenters. The average Bonchev–Trinajstić information content (AvgIpc) is 2.57. The third-order valence-electron chi connectivity index (χ3n) is 3.46. The second-order valence-electron chi connectivity index (χ2n) is 4.79. The highest BCUT2D eigenvalue weighted by Gasteiger charge is 2.12. The second-order valence-corrected chi connectivity index (χ2v) is 4.79. The zero-order valence-corrected chi connectivity index (χ0v) is 13.4. The molecule has 0 aliphatic heterocycles. The summed E-state index contributed by atoms with van der Waals surface area (Å²) in [5.41, 5.74) is 0.753. The maximum Gasteiger partial charge on any atom is 0.349 e. The lowest BCUT2D eigenvalue weighted by Crippen LogP contribution is -3.11. The van der Waals surface area contributed by atoms with E-state index in [0.717, 1.165) is 30.9 Å². The van der Waals surface area contributed by atoms with Crippen LogP contribution in [0.25, 0.3) is 6.08 Å². The molecule has 0 aliphatic carbocycles. The Kier molecular flexibility index (Phi) is 7.73. The van der Waals surface area contributed by atoms with Crippen LogP contribution in [0.3, 0.4) is 0 Å². The summed E-state index contributed by atoms with van der Waals surface area (Å²) < 4.78 is 10.2. The number of esters is 1. The lowest BCUT2D eigenvalue weighted by atomic mass is 10.1. The molecular weight excluding hydrogens is 280 g/mol. The molecule has 1 aromatic rings. The Balaban J connectivity index is 2.63. The predicted octanol–water partition coefficient (Wildman–Crippen LogP) is 1.07. The molecule has 0 aliphatic rings. The lowest BCUT2D eigenvalue weighted by Gasteiger charge is -2.14. The van der Waals surface area contributed by atoms with Crippen LogP contribution in [0.1, 0.15) is 19.4 Å². The van der Waals surface area contributed by atoms with Gasteiger partial charge >= 0.3 is 5.97 Å². The first-order valence-corrected chi connectivity index (χ1v) is 7.41. The summed E-state index contributed by atoms with van der Waals surface area (Å²) in [6, 6.07) is 9.00. The highest BCUT2D eigenvalue weighted by molar-refractivity contribution is 5.97. The van der Waals surface area contributed by atoms with Gasteiger partial charge in [0, 0.05) is 0 Å². The number of ether oxygens (including phenoxy) is 2. The van der Waals surface area contributed by atoms with Gasteiger partial charge in [-0.2, -0.15) is 5.26 Å². The first-order valence-electron chi connectivity index (χ1n) is 7.41. The standard InChI is InChI=1S/C17H22N2O3/c1-4-19(5-2)10-11-22-17(20)15(13-18)12-14-6-8-16(21-3)9-7-14/h6-9,12H,4-5,10-11H2,1-3H3/p+1/b15-12+. The molecule has 0 saturated heterocycles. The number of nitrogens with one attached hydrogen (secondary N) is 1. The van der Waals surface area contributed by atoms with Gasteiger partial charge in [0.1, 0.15) is 30.5 Å². The number of benzene rings is 1. The van der Waals surface area contributed by atoms with Gasteiger partial charge in [0.2, 0.25) is 0 Å². The van der Waals surface area contributed by atoms with Crippen molar-refractivity contribution in [1.82, 2.24) is 0 Å². The van der Waals surface area contributed by atoms with Crippen molar-refractivity contribution in [2.45, 2.75) is 13.8 Å². The number of carbonyl (C=O) groups excluding carboxylic acids is 1. The number of nitrogens with zero attached hydrogens (tertiary/aromatic N) is 1. The van der Waals surface area contributed by atoms with Crippen LogP contribution in [-0.4, -0.2) is 39.3 Å². The fourth-order valence-electron chi connectivity index (χ4n) is 1.97. The van der Waals surface area contributed by atoms with Gasteiger partial charge in [0.05, 0.1) is 20.2 Å². The molecule has 0 aromatic heterocycles. The van der Waals surface area contributed by atoms with Crippen LogP contribution >= 0.6 is 0 Å². The smallest absolute Gasteiger partial charge is 0.349 e. The Morgan fingerprint density at radius 1 is 1.27 bits per heavy atom. The number of quaternary nitrogens is 1. The molecule has 0 radical (unpaired) electrons. The summed E-state index contributed by atoms with van der Waals surface area (Å²) in [5.74, 6) is 0.144. The summed E-state index contributed by atoms with van der Waals surface area (Å²) >= 11 is 0. The predicted molar refractivity (Wildman–Crippen MR) is 84.5 cm³/mol. The van der Waals surface area contributed by atoms with Crippen LogP contribution in [0.15, 0.2) is 29.8 Å². The quantitative estimate of drug-likeness (QED) is 0.443. The average molecular weight is 303 g/mol. The van der Waals surface area contributed by atoms with Crippen molar-refractivity contribution in [3.8, 4) is 11.8 Å². The number of rotatable bonds is 8. The number of hydrogen-bond donors (Lipinski definition) is 1. The van der Waals surface area contributed by atoms with Crippen molar-refractivity contribution in [2.75, 3.05) is 33.4 Å². The first-order chi connectivity index (χ1) is 10.6. The van der Waals surface area contributed by atoms with E-state index in [-0.39, 0.29) is 5.57 Å². The number of nitriles is 1. The topological polar surface area (TPSA) is 63.8 Å². The summed E-state index contributed by atoms with van der Waals surface area (Å²) in [6.45, 7) is 7.22. The molecule has 1 N–H and O–H groups in total. The molecule has 0 unspecified atom stereocenters. The fourth-order valence-corrected chi connectivity index (χ4v) is 1.97. The van der Waals surface area contributed by atoms with Crippen molar-refractivity contribution in [1.29, 1.82) is 5.26 Å². The fraction of sp³-hybridized carbons (Fsp3) is 0.412. The minimum Gasteiger partial charge on any atom is -0.497 e. The molecule has 118 valence electrons. The zero-order valence-electron chi connectivity index (χ0n) is 13.4. The van der Waals surface area contributed by atoms with Gasteiger partial charge in [-0.15, -0.1) is 0 Å². The van der Waals surface area contributed by atoms with Gasteiger partial charge in [-0.25, -0.2) is 4.79 Å². The Morgan fingerprint density at radius 2 is 1.91 bits per heavy atom.